The molecule has 0 radical (unpaired) electrons. The average Bonchev–Trinajstić information content (AvgIpc) is 2.60. The summed E-state index contributed by atoms with van der Waals surface area (Å²) < 4.78 is 5.53. The summed E-state index contributed by atoms with van der Waals surface area (Å²) in [4.78, 5) is 28.1. The molecule has 1 aliphatic rings. The molecule has 1 heterocycles. The Hall–Kier alpha value is -1.75. The van der Waals surface area contributed by atoms with Crippen LogP contribution in [0.1, 0.15) is 19.4 Å². The van der Waals surface area contributed by atoms with Gasteiger partial charge in [-0.15, -0.1) is 11.6 Å². The number of piperazine rings is 1. The topological polar surface area (TPSA) is 49.9 Å². The van der Waals surface area contributed by atoms with Gasteiger partial charge in [-0.2, -0.15) is 0 Å². The van der Waals surface area contributed by atoms with Gasteiger partial charge in [0, 0.05) is 32.1 Å². The first-order valence-corrected chi connectivity index (χ1v) is 8.69. The van der Waals surface area contributed by atoms with Gasteiger partial charge in [0.1, 0.15) is 5.75 Å². The van der Waals surface area contributed by atoms with Gasteiger partial charge in [0.25, 0.3) is 5.91 Å². The van der Waals surface area contributed by atoms with Crippen LogP contribution in [0.25, 0.3) is 0 Å². The lowest BCUT2D eigenvalue weighted by molar-refractivity contribution is -0.145. The molecule has 0 unspecified atom stereocenters. The number of alkyl halides is 1. The first kappa shape index (κ1) is 18.6. The highest BCUT2D eigenvalue weighted by molar-refractivity contribution is 6.19. The highest BCUT2D eigenvalue weighted by Gasteiger charge is 2.33. The molecule has 0 saturated carbocycles. The third-order valence-corrected chi connectivity index (χ3v) is 4.88. The van der Waals surface area contributed by atoms with E-state index < -0.39 is 5.41 Å². The van der Waals surface area contributed by atoms with Crippen LogP contribution in [0.4, 0.5) is 0 Å². The minimum Gasteiger partial charge on any atom is -0.484 e. The molecule has 0 spiro atoms. The van der Waals surface area contributed by atoms with Crippen molar-refractivity contribution in [2.45, 2.75) is 20.8 Å². The quantitative estimate of drug-likeness (QED) is 0.764. The van der Waals surface area contributed by atoms with Gasteiger partial charge in [0.2, 0.25) is 5.91 Å². The highest BCUT2D eigenvalue weighted by atomic mass is 35.5. The molecule has 1 fully saturated rings. The SMILES string of the molecule is Cc1ccc(OCC(=O)N2CCN(C(=O)C(C)(C)CCl)CC2)cc1. The zero-order valence-electron chi connectivity index (χ0n) is 14.5. The number of nitrogens with zero attached hydrogens (tertiary/aromatic N) is 2. The molecule has 6 heteroatoms. The van der Waals surface area contributed by atoms with Gasteiger partial charge in [-0.05, 0) is 32.9 Å². The second-order valence-electron chi connectivity index (χ2n) is 6.79. The van der Waals surface area contributed by atoms with Crippen LogP contribution < -0.4 is 4.74 Å². The molecule has 0 atom stereocenters. The second-order valence-corrected chi connectivity index (χ2v) is 7.06. The van der Waals surface area contributed by atoms with Gasteiger partial charge in [-0.1, -0.05) is 17.7 Å². The van der Waals surface area contributed by atoms with E-state index in [1.807, 2.05) is 45.0 Å². The van der Waals surface area contributed by atoms with Crippen LogP contribution in [0.3, 0.4) is 0 Å². The Bertz CT molecular complexity index is 578. The predicted molar refractivity (Wildman–Crippen MR) is 94.3 cm³/mol. The molecule has 1 aromatic rings. The Morgan fingerprint density at radius 2 is 1.62 bits per heavy atom. The van der Waals surface area contributed by atoms with Gasteiger partial charge >= 0.3 is 0 Å². The number of halogens is 1. The molecule has 24 heavy (non-hydrogen) atoms. The maximum atomic E-state index is 12.4. The summed E-state index contributed by atoms with van der Waals surface area (Å²) in [5.41, 5.74) is 0.580. The van der Waals surface area contributed by atoms with E-state index in [1.165, 1.54) is 0 Å². The van der Waals surface area contributed by atoms with Crippen LogP contribution in [-0.4, -0.2) is 60.3 Å². The zero-order valence-corrected chi connectivity index (χ0v) is 15.3. The molecule has 2 rings (SSSR count). The van der Waals surface area contributed by atoms with Crippen molar-refractivity contribution in [1.82, 2.24) is 9.80 Å². The molecular weight excluding hydrogens is 328 g/mol. The highest BCUT2D eigenvalue weighted by Crippen LogP contribution is 2.21. The molecule has 1 saturated heterocycles. The summed E-state index contributed by atoms with van der Waals surface area (Å²) in [5, 5.41) is 0. The molecule has 132 valence electrons. The summed E-state index contributed by atoms with van der Waals surface area (Å²) in [6, 6.07) is 7.60. The monoisotopic (exact) mass is 352 g/mol. The lowest BCUT2D eigenvalue weighted by Gasteiger charge is -2.38. The Kier molecular flexibility index (Phi) is 6.10. The van der Waals surface area contributed by atoms with E-state index >= 15 is 0 Å². The molecule has 2 amide bonds. The van der Waals surface area contributed by atoms with Crippen molar-refractivity contribution in [1.29, 1.82) is 0 Å². The minimum absolute atomic E-state index is 0.0180. The van der Waals surface area contributed by atoms with Crippen LogP contribution in [0.15, 0.2) is 24.3 Å². The fraction of sp³-hybridized carbons (Fsp3) is 0.556. The van der Waals surface area contributed by atoms with E-state index in [1.54, 1.807) is 9.80 Å². The second kappa shape index (κ2) is 7.88. The molecule has 0 aliphatic carbocycles. The van der Waals surface area contributed by atoms with Crippen LogP contribution in [0.5, 0.6) is 5.75 Å². The van der Waals surface area contributed by atoms with Crippen LogP contribution in [0.2, 0.25) is 0 Å². The minimum atomic E-state index is -0.567. The number of hydrogen-bond donors (Lipinski definition) is 0. The zero-order chi connectivity index (χ0) is 17.7. The van der Waals surface area contributed by atoms with E-state index in [2.05, 4.69) is 0 Å². The first-order chi connectivity index (χ1) is 11.3. The Labute approximate surface area is 148 Å². The fourth-order valence-electron chi connectivity index (χ4n) is 2.51. The molecular formula is C18H25ClN2O3. The van der Waals surface area contributed by atoms with Gasteiger partial charge < -0.3 is 14.5 Å². The summed E-state index contributed by atoms with van der Waals surface area (Å²) in [5.74, 6) is 0.960. The lowest BCUT2D eigenvalue weighted by Crippen LogP contribution is -2.54. The van der Waals surface area contributed by atoms with Gasteiger partial charge in [-0.3, -0.25) is 9.59 Å². The average molecular weight is 353 g/mol. The molecule has 1 aromatic carbocycles. The molecule has 0 aromatic heterocycles. The van der Waals surface area contributed by atoms with Crippen LogP contribution >= 0.6 is 11.6 Å². The normalized spacial score (nSPS) is 15.3. The van der Waals surface area contributed by atoms with Gasteiger partial charge in [0.15, 0.2) is 6.61 Å². The van der Waals surface area contributed by atoms with Crippen molar-refractivity contribution in [3.63, 3.8) is 0 Å². The van der Waals surface area contributed by atoms with Crippen molar-refractivity contribution in [3.05, 3.63) is 29.8 Å². The number of hydrogen-bond acceptors (Lipinski definition) is 3. The van der Waals surface area contributed by atoms with Crippen molar-refractivity contribution >= 4 is 23.4 Å². The van der Waals surface area contributed by atoms with Crippen LogP contribution in [0, 0.1) is 12.3 Å². The van der Waals surface area contributed by atoms with E-state index in [0.29, 0.717) is 31.9 Å². The maximum absolute atomic E-state index is 12.4. The van der Waals surface area contributed by atoms with Crippen LogP contribution in [-0.2, 0) is 9.59 Å². The standard InChI is InChI=1S/C18H25ClN2O3/c1-14-4-6-15(7-5-14)24-12-16(22)20-8-10-21(11-9-20)17(23)18(2,3)13-19/h4-7H,8-13H2,1-3H3. The number of ether oxygens (including phenoxy) is 1. The summed E-state index contributed by atoms with van der Waals surface area (Å²) in [7, 11) is 0. The number of aryl methyl sites for hydroxylation is 1. The Morgan fingerprint density at radius 3 is 2.17 bits per heavy atom. The third-order valence-electron chi connectivity index (χ3n) is 4.22. The number of carbonyl (C=O) groups excluding carboxylic acids is 2. The lowest BCUT2D eigenvalue weighted by atomic mass is 9.94. The Balaban J connectivity index is 1.80. The van der Waals surface area contributed by atoms with Crippen molar-refractivity contribution in [2.75, 3.05) is 38.7 Å². The summed E-state index contributed by atoms with van der Waals surface area (Å²) in [6.45, 7) is 7.83. The summed E-state index contributed by atoms with van der Waals surface area (Å²) >= 11 is 5.87. The fourth-order valence-corrected chi connectivity index (χ4v) is 2.63. The van der Waals surface area contributed by atoms with E-state index in [9.17, 15) is 9.59 Å². The van der Waals surface area contributed by atoms with E-state index in [0.717, 1.165) is 5.56 Å². The van der Waals surface area contributed by atoms with Crippen molar-refractivity contribution < 1.29 is 14.3 Å². The number of carbonyl (C=O) groups is 2. The third kappa shape index (κ3) is 4.63. The predicted octanol–water partition coefficient (Wildman–Crippen LogP) is 2.31. The maximum Gasteiger partial charge on any atom is 0.260 e. The van der Waals surface area contributed by atoms with Gasteiger partial charge in [0.05, 0.1) is 5.41 Å². The first-order valence-electron chi connectivity index (χ1n) is 8.16. The number of rotatable bonds is 5. The summed E-state index contributed by atoms with van der Waals surface area (Å²) in [6.07, 6.45) is 0. The molecule has 5 nitrogen and oxygen atoms in total. The molecule has 0 bridgehead atoms. The smallest absolute Gasteiger partial charge is 0.260 e. The number of benzene rings is 1. The molecule has 1 aliphatic heterocycles. The number of amides is 2. The van der Waals surface area contributed by atoms with Gasteiger partial charge in [-0.25, -0.2) is 0 Å². The van der Waals surface area contributed by atoms with Crippen molar-refractivity contribution in [2.24, 2.45) is 5.41 Å². The van der Waals surface area contributed by atoms with E-state index in [4.69, 9.17) is 16.3 Å². The van der Waals surface area contributed by atoms with Crippen molar-refractivity contribution in [3.8, 4) is 5.75 Å². The van der Waals surface area contributed by atoms with E-state index in [-0.39, 0.29) is 24.3 Å². The molecule has 0 N–H and O–H groups in total. The largest absolute Gasteiger partial charge is 0.484 e. The Morgan fingerprint density at radius 1 is 1.08 bits per heavy atom.